The SMILES string of the molecule is CCN(Cc1ccc(OCCN2CCCC2)cc1)C1=C(C2CCc3cc(O)ccc3C2)C=C(OC)C(OC)C1. The average Bonchev–Trinajstić information content (AvgIpc) is 3.49. The maximum atomic E-state index is 9.95. The van der Waals surface area contributed by atoms with Gasteiger partial charge < -0.3 is 24.2 Å². The number of aryl methyl sites for hydroxylation is 1. The Kier molecular flexibility index (Phi) is 9.15. The highest BCUT2D eigenvalue weighted by molar-refractivity contribution is 5.42. The molecule has 6 heteroatoms. The molecule has 6 nitrogen and oxygen atoms in total. The Morgan fingerprint density at radius 3 is 2.51 bits per heavy atom. The second-order valence-electron chi connectivity index (χ2n) is 11.0. The number of phenols is 1. The number of methoxy groups -OCH3 is 2. The van der Waals surface area contributed by atoms with Crippen LogP contribution in [0.3, 0.4) is 0 Å². The molecular weight excluding hydrogens is 488 g/mol. The summed E-state index contributed by atoms with van der Waals surface area (Å²) in [4.78, 5) is 4.98. The van der Waals surface area contributed by atoms with Gasteiger partial charge in [-0.1, -0.05) is 18.2 Å². The van der Waals surface area contributed by atoms with Crippen molar-refractivity contribution < 1.29 is 19.3 Å². The zero-order valence-electron chi connectivity index (χ0n) is 23.8. The Balaban J connectivity index is 1.33. The summed E-state index contributed by atoms with van der Waals surface area (Å²) in [5.41, 5.74) is 6.59. The van der Waals surface area contributed by atoms with Crippen molar-refractivity contribution in [3.63, 3.8) is 0 Å². The first-order valence-electron chi connectivity index (χ1n) is 14.6. The van der Waals surface area contributed by atoms with Gasteiger partial charge in [0.15, 0.2) is 0 Å². The number of fused-ring (bicyclic) bond motifs is 1. The third-order valence-electron chi connectivity index (χ3n) is 8.64. The van der Waals surface area contributed by atoms with E-state index in [-0.39, 0.29) is 6.10 Å². The molecule has 39 heavy (non-hydrogen) atoms. The number of allylic oxidation sites excluding steroid dienone is 2. The summed E-state index contributed by atoms with van der Waals surface area (Å²) in [6.45, 7) is 8.14. The molecule has 0 amide bonds. The predicted molar refractivity (Wildman–Crippen MR) is 155 cm³/mol. The van der Waals surface area contributed by atoms with Gasteiger partial charge in [-0.2, -0.15) is 0 Å². The van der Waals surface area contributed by atoms with Gasteiger partial charge in [0, 0.05) is 38.9 Å². The fourth-order valence-corrected chi connectivity index (χ4v) is 6.39. The van der Waals surface area contributed by atoms with Gasteiger partial charge in [-0.15, -0.1) is 0 Å². The number of benzene rings is 2. The third-order valence-corrected chi connectivity index (χ3v) is 8.64. The van der Waals surface area contributed by atoms with E-state index in [1.165, 1.54) is 53.9 Å². The fourth-order valence-electron chi connectivity index (χ4n) is 6.39. The summed E-state index contributed by atoms with van der Waals surface area (Å²) in [6.07, 6.45) is 8.59. The number of rotatable bonds is 11. The van der Waals surface area contributed by atoms with Crippen molar-refractivity contribution in [3.05, 3.63) is 82.3 Å². The van der Waals surface area contributed by atoms with Crippen molar-refractivity contribution >= 4 is 0 Å². The van der Waals surface area contributed by atoms with E-state index in [0.29, 0.717) is 11.7 Å². The van der Waals surface area contributed by atoms with Crippen LogP contribution >= 0.6 is 0 Å². The molecule has 0 radical (unpaired) electrons. The molecule has 0 spiro atoms. The minimum atomic E-state index is -0.0815. The van der Waals surface area contributed by atoms with Crippen molar-refractivity contribution in [3.8, 4) is 11.5 Å². The van der Waals surface area contributed by atoms with Crippen LogP contribution in [0.2, 0.25) is 0 Å². The van der Waals surface area contributed by atoms with Crippen LogP contribution in [0.4, 0.5) is 0 Å². The van der Waals surface area contributed by atoms with Crippen molar-refractivity contribution in [1.29, 1.82) is 0 Å². The maximum absolute atomic E-state index is 9.95. The second-order valence-corrected chi connectivity index (χ2v) is 11.0. The summed E-state index contributed by atoms with van der Waals surface area (Å²) in [7, 11) is 3.51. The zero-order valence-corrected chi connectivity index (χ0v) is 23.8. The van der Waals surface area contributed by atoms with Crippen LogP contribution in [0.15, 0.2) is 65.6 Å². The van der Waals surface area contributed by atoms with E-state index >= 15 is 0 Å². The van der Waals surface area contributed by atoms with Gasteiger partial charge in [-0.25, -0.2) is 0 Å². The summed E-state index contributed by atoms with van der Waals surface area (Å²) >= 11 is 0. The highest BCUT2D eigenvalue weighted by atomic mass is 16.5. The van der Waals surface area contributed by atoms with Gasteiger partial charge in [0.05, 0.1) is 7.11 Å². The number of aromatic hydroxyl groups is 1. The highest BCUT2D eigenvalue weighted by Crippen LogP contribution is 2.39. The van der Waals surface area contributed by atoms with Crippen LogP contribution in [0.5, 0.6) is 11.5 Å². The maximum Gasteiger partial charge on any atom is 0.125 e. The minimum Gasteiger partial charge on any atom is -0.508 e. The molecule has 5 rings (SSSR count). The largest absolute Gasteiger partial charge is 0.508 e. The number of phenolic OH excluding ortho intramolecular Hbond substituents is 1. The second kappa shape index (κ2) is 12.9. The van der Waals surface area contributed by atoms with Gasteiger partial charge in [-0.05, 0) is 111 Å². The number of hydrogen-bond donors (Lipinski definition) is 1. The van der Waals surface area contributed by atoms with E-state index < -0.39 is 0 Å². The summed E-state index contributed by atoms with van der Waals surface area (Å²) in [6, 6.07) is 14.4. The average molecular weight is 533 g/mol. The predicted octanol–water partition coefficient (Wildman–Crippen LogP) is 5.70. The van der Waals surface area contributed by atoms with Gasteiger partial charge in [0.2, 0.25) is 0 Å². The molecule has 0 aromatic heterocycles. The molecule has 0 bridgehead atoms. The Morgan fingerprint density at radius 1 is 1.00 bits per heavy atom. The lowest BCUT2D eigenvalue weighted by Crippen LogP contribution is -2.33. The number of ether oxygens (including phenoxy) is 3. The van der Waals surface area contributed by atoms with Crippen molar-refractivity contribution in [2.45, 2.75) is 58.1 Å². The summed E-state index contributed by atoms with van der Waals surface area (Å²) in [5, 5.41) is 9.95. The molecule has 2 aromatic rings. The van der Waals surface area contributed by atoms with Crippen molar-refractivity contribution in [2.24, 2.45) is 5.92 Å². The summed E-state index contributed by atoms with van der Waals surface area (Å²) in [5.74, 6) is 2.60. The third kappa shape index (κ3) is 6.62. The standard InChI is InChI=1S/C33H44N2O4/c1-4-35(23-24-7-13-29(14-8-24)39-18-17-34-15-5-6-16-34)31-22-33(38-3)32(37-2)21-30(31)27-10-9-26-20-28(36)12-11-25(26)19-27/h7-8,11-14,20-21,27,33,36H,4-6,9-10,15-19,22-23H2,1-3H3. The molecule has 1 heterocycles. The van der Waals surface area contributed by atoms with E-state index in [1.807, 2.05) is 12.1 Å². The molecule has 1 N–H and O–H groups in total. The Bertz CT molecular complexity index is 1170. The van der Waals surface area contributed by atoms with E-state index in [9.17, 15) is 5.11 Å². The van der Waals surface area contributed by atoms with Gasteiger partial charge in [0.1, 0.15) is 30.0 Å². The van der Waals surface area contributed by atoms with Crippen LogP contribution in [-0.2, 0) is 28.9 Å². The Morgan fingerprint density at radius 2 is 1.79 bits per heavy atom. The van der Waals surface area contributed by atoms with Crippen LogP contribution < -0.4 is 4.74 Å². The first kappa shape index (κ1) is 27.6. The van der Waals surface area contributed by atoms with E-state index in [4.69, 9.17) is 14.2 Å². The fraction of sp³-hybridized carbons (Fsp3) is 0.515. The first-order chi connectivity index (χ1) is 19.1. The van der Waals surface area contributed by atoms with Gasteiger partial charge >= 0.3 is 0 Å². The Labute approximate surface area is 233 Å². The van der Waals surface area contributed by atoms with E-state index in [2.05, 4.69) is 53.1 Å². The lowest BCUT2D eigenvalue weighted by atomic mass is 9.77. The van der Waals surface area contributed by atoms with Gasteiger partial charge in [0.25, 0.3) is 0 Å². The molecule has 2 aliphatic carbocycles. The van der Waals surface area contributed by atoms with E-state index in [0.717, 1.165) is 63.4 Å². The van der Waals surface area contributed by atoms with E-state index in [1.54, 1.807) is 14.2 Å². The molecule has 2 atom stereocenters. The van der Waals surface area contributed by atoms with Crippen LogP contribution in [0, 0.1) is 5.92 Å². The van der Waals surface area contributed by atoms with Crippen LogP contribution in [0.25, 0.3) is 0 Å². The molecule has 1 fully saturated rings. The molecule has 1 saturated heterocycles. The summed E-state index contributed by atoms with van der Waals surface area (Å²) < 4.78 is 17.7. The molecule has 2 aromatic carbocycles. The minimum absolute atomic E-state index is 0.0815. The van der Waals surface area contributed by atoms with Crippen molar-refractivity contribution in [1.82, 2.24) is 9.80 Å². The molecule has 0 saturated carbocycles. The van der Waals surface area contributed by atoms with Crippen LogP contribution in [-0.4, -0.2) is 68.0 Å². The topological polar surface area (TPSA) is 54.4 Å². The quantitative estimate of drug-likeness (QED) is 0.401. The highest BCUT2D eigenvalue weighted by Gasteiger charge is 2.32. The monoisotopic (exact) mass is 532 g/mol. The Hall–Kier alpha value is -2.96. The van der Waals surface area contributed by atoms with Gasteiger partial charge in [-0.3, -0.25) is 4.90 Å². The smallest absolute Gasteiger partial charge is 0.125 e. The lowest BCUT2D eigenvalue weighted by molar-refractivity contribution is 0.0693. The zero-order chi connectivity index (χ0) is 27.2. The lowest BCUT2D eigenvalue weighted by Gasteiger charge is -2.37. The molecule has 210 valence electrons. The molecule has 2 unspecified atom stereocenters. The molecule has 3 aliphatic rings. The molecule has 1 aliphatic heterocycles. The normalized spacial score (nSPS) is 21.5. The number of likely N-dealkylation sites (tertiary alicyclic amines) is 1. The molecular formula is C33H44N2O4. The first-order valence-corrected chi connectivity index (χ1v) is 14.6. The number of nitrogens with zero attached hydrogens (tertiary/aromatic N) is 2. The number of hydrogen-bond acceptors (Lipinski definition) is 6. The van der Waals surface area contributed by atoms with Crippen LogP contribution in [0.1, 0.15) is 49.3 Å². The van der Waals surface area contributed by atoms with Crippen molar-refractivity contribution in [2.75, 3.05) is 47.0 Å².